The minimum Gasteiger partial charge on any atom is -0.395 e. The number of hydrogen-bond donors (Lipinski definition) is 2. The third-order valence-corrected chi connectivity index (χ3v) is 2.22. The van der Waals surface area contributed by atoms with Crippen molar-refractivity contribution in [1.82, 2.24) is 5.32 Å². The summed E-state index contributed by atoms with van der Waals surface area (Å²) < 4.78 is 12.6. The smallest absolute Gasteiger partial charge is 0.123 e. The van der Waals surface area contributed by atoms with Crippen molar-refractivity contribution < 1.29 is 9.50 Å². The van der Waals surface area contributed by atoms with Crippen molar-refractivity contribution in [2.45, 2.75) is 25.9 Å². The van der Waals surface area contributed by atoms with Crippen LogP contribution < -0.4 is 5.32 Å². The fourth-order valence-electron chi connectivity index (χ4n) is 1.20. The second-order valence-corrected chi connectivity index (χ2v) is 3.30. The number of halogens is 1. The number of rotatable bonds is 5. The molecule has 0 aliphatic carbocycles. The molecule has 0 spiro atoms. The predicted molar refractivity (Wildman–Crippen MR) is 54.4 cm³/mol. The molecule has 78 valence electrons. The lowest BCUT2D eigenvalue weighted by atomic mass is 10.2. The van der Waals surface area contributed by atoms with Crippen LogP contribution >= 0.6 is 0 Å². The third-order valence-electron chi connectivity index (χ3n) is 2.22. The highest BCUT2D eigenvalue weighted by molar-refractivity contribution is 5.15. The Balaban J connectivity index is 2.41. The Morgan fingerprint density at radius 2 is 2.00 bits per heavy atom. The molecule has 1 rings (SSSR count). The van der Waals surface area contributed by atoms with E-state index in [1.807, 2.05) is 6.92 Å². The van der Waals surface area contributed by atoms with Gasteiger partial charge in [-0.15, -0.1) is 0 Å². The van der Waals surface area contributed by atoms with E-state index >= 15 is 0 Å². The summed E-state index contributed by atoms with van der Waals surface area (Å²) in [6.45, 7) is 2.82. The van der Waals surface area contributed by atoms with Gasteiger partial charge in [0, 0.05) is 12.6 Å². The minimum absolute atomic E-state index is 0.125. The zero-order chi connectivity index (χ0) is 10.4. The summed E-state index contributed by atoms with van der Waals surface area (Å²) in [7, 11) is 0. The van der Waals surface area contributed by atoms with Crippen LogP contribution in [-0.4, -0.2) is 17.8 Å². The van der Waals surface area contributed by atoms with Gasteiger partial charge >= 0.3 is 0 Å². The fourth-order valence-corrected chi connectivity index (χ4v) is 1.20. The standard InChI is InChI=1S/C11H16FNO/c1-2-11(8-14)13-7-9-3-5-10(12)6-4-9/h3-6,11,13-14H,2,7-8H2,1H3/t11-/m0/s1. The maximum absolute atomic E-state index is 12.6. The van der Waals surface area contributed by atoms with E-state index in [0.29, 0.717) is 6.54 Å². The van der Waals surface area contributed by atoms with E-state index in [1.165, 1.54) is 12.1 Å². The molecule has 0 bridgehead atoms. The zero-order valence-electron chi connectivity index (χ0n) is 8.33. The fraction of sp³-hybridized carbons (Fsp3) is 0.455. The summed E-state index contributed by atoms with van der Waals surface area (Å²) in [4.78, 5) is 0. The van der Waals surface area contributed by atoms with Crippen LogP contribution in [0, 0.1) is 5.82 Å². The predicted octanol–water partition coefficient (Wildman–Crippen LogP) is 1.69. The first-order chi connectivity index (χ1) is 6.76. The topological polar surface area (TPSA) is 32.3 Å². The summed E-state index contributed by atoms with van der Waals surface area (Å²) in [5, 5.41) is 12.1. The molecule has 2 N–H and O–H groups in total. The molecular formula is C11H16FNO. The molecule has 3 heteroatoms. The summed E-state index contributed by atoms with van der Waals surface area (Å²) >= 11 is 0. The Morgan fingerprint density at radius 1 is 1.36 bits per heavy atom. The van der Waals surface area contributed by atoms with E-state index in [2.05, 4.69) is 5.32 Å². The average molecular weight is 197 g/mol. The zero-order valence-corrected chi connectivity index (χ0v) is 8.33. The molecule has 1 atom stereocenters. The summed E-state index contributed by atoms with van der Waals surface area (Å²) in [5.41, 5.74) is 1.03. The van der Waals surface area contributed by atoms with Crippen molar-refractivity contribution in [3.05, 3.63) is 35.6 Å². The molecule has 0 radical (unpaired) electrons. The van der Waals surface area contributed by atoms with Crippen molar-refractivity contribution >= 4 is 0 Å². The van der Waals surface area contributed by atoms with Gasteiger partial charge in [-0.25, -0.2) is 4.39 Å². The Morgan fingerprint density at radius 3 is 2.50 bits per heavy atom. The monoisotopic (exact) mass is 197 g/mol. The van der Waals surface area contributed by atoms with Gasteiger partial charge in [0.05, 0.1) is 6.61 Å². The number of nitrogens with one attached hydrogen (secondary N) is 1. The number of aliphatic hydroxyl groups excluding tert-OH is 1. The molecule has 2 nitrogen and oxygen atoms in total. The Labute approximate surface area is 83.8 Å². The summed E-state index contributed by atoms with van der Waals surface area (Å²) in [5.74, 6) is -0.219. The second kappa shape index (κ2) is 5.73. The molecule has 0 heterocycles. The number of benzene rings is 1. The van der Waals surface area contributed by atoms with Gasteiger partial charge in [0.25, 0.3) is 0 Å². The molecule has 0 saturated heterocycles. The molecule has 0 fully saturated rings. The van der Waals surface area contributed by atoms with Crippen molar-refractivity contribution in [2.24, 2.45) is 0 Å². The Bertz CT molecular complexity index is 256. The maximum atomic E-state index is 12.6. The van der Waals surface area contributed by atoms with Gasteiger partial charge in [0.1, 0.15) is 5.82 Å². The van der Waals surface area contributed by atoms with Crippen molar-refractivity contribution in [2.75, 3.05) is 6.61 Å². The van der Waals surface area contributed by atoms with E-state index in [0.717, 1.165) is 12.0 Å². The van der Waals surface area contributed by atoms with E-state index in [-0.39, 0.29) is 18.5 Å². The lowest BCUT2D eigenvalue weighted by Crippen LogP contribution is -2.31. The van der Waals surface area contributed by atoms with Crippen LogP contribution in [0.15, 0.2) is 24.3 Å². The van der Waals surface area contributed by atoms with E-state index in [1.54, 1.807) is 12.1 Å². The van der Waals surface area contributed by atoms with Crippen LogP contribution in [-0.2, 0) is 6.54 Å². The SMILES string of the molecule is CC[C@@H](CO)NCc1ccc(F)cc1. The third kappa shape index (κ3) is 3.44. The minimum atomic E-state index is -0.219. The van der Waals surface area contributed by atoms with Gasteiger partial charge in [-0.1, -0.05) is 19.1 Å². The van der Waals surface area contributed by atoms with Crippen LogP contribution in [0.5, 0.6) is 0 Å². The first kappa shape index (κ1) is 11.1. The normalized spacial score (nSPS) is 12.8. The van der Waals surface area contributed by atoms with Gasteiger partial charge < -0.3 is 10.4 Å². The van der Waals surface area contributed by atoms with E-state index < -0.39 is 0 Å². The molecule has 0 amide bonds. The first-order valence-corrected chi connectivity index (χ1v) is 4.85. The van der Waals surface area contributed by atoms with E-state index in [9.17, 15) is 4.39 Å². The van der Waals surface area contributed by atoms with Gasteiger partial charge in [-0.3, -0.25) is 0 Å². The van der Waals surface area contributed by atoms with Crippen LogP contribution in [0.2, 0.25) is 0 Å². The van der Waals surface area contributed by atoms with Gasteiger partial charge in [-0.05, 0) is 24.1 Å². The number of hydrogen-bond acceptors (Lipinski definition) is 2. The molecule has 1 aromatic carbocycles. The molecular weight excluding hydrogens is 181 g/mol. The molecule has 14 heavy (non-hydrogen) atoms. The van der Waals surface area contributed by atoms with Crippen LogP contribution in [0.3, 0.4) is 0 Å². The van der Waals surface area contributed by atoms with Crippen molar-refractivity contribution in [3.8, 4) is 0 Å². The van der Waals surface area contributed by atoms with Crippen LogP contribution in [0.4, 0.5) is 4.39 Å². The van der Waals surface area contributed by atoms with Crippen LogP contribution in [0.25, 0.3) is 0 Å². The van der Waals surface area contributed by atoms with Gasteiger partial charge in [0.15, 0.2) is 0 Å². The second-order valence-electron chi connectivity index (χ2n) is 3.30. The van der Waals surface area contributed by atoms with Gasteiger partial charge in [0.2, 0.25) is 0 Å². The Hall–Kier alpha value is -0.930. The molecule has 0 unspecified atom stereocenters. The molecule has 0 aromatic heterocycles. The largest absolute Gasteiger partial charge is 0.395 e. The quantitative estimate of drug-likeness (QED) is 0.752. The highest BCUT2D eigenvalue weighted by atomic mass is 19.1. The lowest BCUT2D eigenvalue weighted by molar-refractivity contribution is 0.238. The van der Waals surface area contributed by atoms with Crippen LogP contribution in [0.1, 0.15) is 18.9 Å². The molecule has 0 saturated carbocycles. The number of aliphatic hydroxyl groups is 1. The Kier molecular flexibility index (Phi) is 4.56. The average Bonchev–Trinajstić information content (AvgIpc) is 2.22. The van der Waals surface area contributed by atoms with Crippen molar-refractivity contribution in [3.63, 3.8) is 0 Å². The van der Waals surface area contributed by atoms with Crippen molar-refractivity contribution in [1.29, 1.82) is 0 Å². The maximum Gasteiger partial charge on any atom is 0.123 e. The molecule has 0 aliphatic rings. The van der Waals surface area contributed by atoms with Gasteiger partial charge in [-0.2, -0.15) is 0 Å². The molecule has 1 aromatic rings. The highest BCUT2D eigenvalue weighted by Gasteiger charge is 2.02. The highest BCUT2D eigenvalue weighted by Crippen LogP contribution is 2.02. The molecule has 0 aliphatic heterocycles. The first-order valence-electron chi connectivity index (χ1n) is 4.85. The summed E-state index contributed by atoms with van der Waals surface area (Å²) in [6.07, 6.45) is 0.887. The lowest BCUT2D eigenvalue weighted by Gasteiger charge is -2.13. The van der Waals surface area contributed by atoms with E-state index in [4.69, 9.17) is 5.11 Å². The summed E-state index contributed by atoms with van der Waals surface area (Å²) in [6, 6.07) is 6.49.